The van der Waals surface area contributed by atoms with Crippen LogP contribution in [0.1, 0.15) is 57.2 Å². The molecule has 21 heavy (non-hydrogen) atoms. The number of aryl methyl sites for hydroxylation is 1. The first-order valence-electron chi connectivity index (χ1n) is 8.99. The fourth-order valence-corrected chi connectivity index (χ4v) is 6.05. The van der Waals surface area contributed by atoms with Crippen LogP contribution in [0, 0.1) is 29.6 Å². The van der Waals surface area contributed by atoms with Crippen molar-refractivity contribution >= 4 is 0 Å². The van der Waals surface area contributed by atoms with Crippen molar-refractivity contribution in [2.24, 2.45) is 29.6 Å². The van der Waals surface area contributed by atoms with Gasteiger partial charge >= 0.3 is 0 Å². The van der Waals surface area contributed by atoms with Crippen LogP contribution in [0.3, 0.4) is 0 Å². The maximum atomic E-state index is 4.56. The molecule has 3 heteroatoms. The molecule has 116 valence electrons. The Hall–Kier alpha value is -0.830. The van der Waals surface area contributed by atoms with Crippen molar-refractivity contribution in [1.29, 1.82) is 0 Å². The Labute approximate surface area is 128 Å². The standard InChI is InChI=1S/C18H29N3/c1-3-6-21-16(4-5-20-21)18(19-2)17-14-8-12-7-13(10-14)11-15(17)9-12/h4-5,12-15,17-19H,3,6-11H2,1-2H3. The van der Waals surface area contributed by atoms with Crippen LogP contribution >= 0.6 is 0 Å². The van der Waals surface area contributed by atoms with E-state index >= 15 is 0 Å². The molecule has 1 atom stereocenters. The zero-order valence-electron chi connectivity index (χ0n) is 13.5. The summed E-state index contributed by atoms with van der Waals surface area (Å²) < 4.78 is 2.24. The van der Waals surface area contributed by atoms with E-state index in [1.54, 1.807) is 0 Å². The minimum Gasteiger partial charge on any atom is -0.311 e. The van der Waals surface area contributed by atoms with E-state index in [2.05, 4.69) is 35.1 Å². The van der Waals surface area contributed by atoms with Gasteiger partial charge in [0.1, 0.15) is 0 Å². The highest BCUT2D eigenvalue weighted by molar-refractivity contribution is 5.13. The summed E-state index contributed by atoms with van der Waals surface area (Å²) in [5.41, 5.74) is 1.43. The predicted octanol–water partition coefficient (Wildman–Crippen LogP) is 3.63. The highest BCUT2D eigenvalue weighted by Crippen LogP contribution is 2.59. The topological polar surface area (TPSA) is 29.9 Å². The van der Waals surface area contributed by atoms with Gasteiger partial charge < -0.3 is 5.32 Å². The third-order valence-electron chi connectivity index (χ3n) is 6.50. The molecule has 4 aliphatic rings. The van der Waals surface area contributed by atoms with Crippen LogP contribution in [0.4, 0.5) is 0 Å². The fourth-order valence-electron chi connectivity index (χ4n) is 6.05. The van der Waals surface area contributed by atoms with Gasteiger partial charge in [0.15, 0.2) is 0 Å². The van der Waals surface area contributed by atoms with E-state index in [1.165, 1.54) is 37.8 Å². The molecule has 5 rings (SSSR count). The van der Waals surface area contributed by atoms with Crippen molar-refractivity contribution in [2.45, 2.75) is 58.0 Å². The first-order chi connectivity index (χ1) is 10.3. The fraction of sp³-hybridized carbons (Fsp3) is 0.833. The average Bonchev–Trinajstić information content (AvgIpc) is 2.90. The highest BCUT2D eigenvalue weighted by Gasteiger charge is 2.50. The molecule has 3 nitrogen and oxygen atoms in total. The molecular formula is C18H29N3. The van der Waals surface area contributed by atoms with Crippen LogP contribution in [0.5, 0.6) is 0 Å². The lowest BCUT2D eigenvalue weighted by Gasteiger charge is -2.56. The van der Waals surface area contributed by atoms with E-state index in [4.69, 9.17) is 0 Å². The van der Waals surface area contributed by atoms with Gasteiger partial charge in [-0.25, -0.2) is 0 Å². The number of nitrogens with zero attached hydrogens (tertiary/aromatic N) is 2. The van der Waals surface area contributed by atoms with Gasteiger partial charge in [-0.2, -0.15) is 5.10 Å². The molecule has 4 aliphatic carbocycles. The molecule has 1 aromatic heterocycles. The van der Waals surface area contributed by atoms with Crippen LogP contribution in [-0.2, 0) is 6.54 Å². The van der Waals surface area contributed by atoms with Gasteiger partial charge in [-0.1, -0.05) is 6.92 Å². The molecule has 0 aromatic carbocycles. The third-order valence-corrected chi connectivity index (χ3v) is 6.50. The number of aromatic nitrogens is 2. The van der Waals surface area contributed by atoms with E-state index in [1.807, 2.05) is 6.20 Å². The van der Waals surface area contributed by atoms with E-state index in [-0.39, 0.29) is 0 Å². The summed E-state index contributed by atoms with van der Waals surface area (Å²) in [6.07, 6.45) is 10.7. The monoisotopic (exact) mass is 287 g/mol. The Bertz CT molecular complexity index is 464. The Morgan fingerprint density at radius 3 is 2.43 bits per heavy atom. The second kappa shape index (κ2) is 5.42. The SMILES string of the molecule is CCCn1nccc1C(NC)C1C2CC3CC(C2)CC1C3. The van der Waals surface area contributed by atoms with Crippen molar-refractivity contribution in [3.8, 4) is 0 Å². The molecule has 0 spiro atoms. The van der Waals surface area contributed by atoms with Crippen LogP contribution < -0.4 is 5.32 Å². The van der Waals surface area contributed by atoms with Crippen LogP contribution in [0.15, 0.2) is 12.3 Å². The number of rotatable bonds is 5. The van der Waals surface area contributed by atoms with Gasteiger partial charge in [0, 0.05) is 12.7 Å². The summed E-state index contributed by atoms with van der Waals surface area (Å²) in [5.74, 6) is 4.88. The molecule has 0 saturated heterocycles. The number of hydrogen-bond acceptors (Lipinski definition) is 2. The maximum absolute atomic E-state index is 4.56. The Morgan fingerprint density at radius 1 is 1.19 bits per heavy atom. The average molecular weight is 287 g/mol. The largest absolute Gasteiger partial charge is 0.311 e. The van der Waals surface area contributed by atoms with Crippen LogP contribution in [-0.4, -0.2) is 16.8 Å². The van der Waals surface area contributed by atoms with Crippen LogP contribution in [0.2, 0.25) is 0 Å². The van der Waals surface area contributed by atoms with Crippen LogP contribution in [0.25, 0.3) is 0 Å². The van der Waals surface area contributed by atoms with Gasteiger partial charge in [0.25, 0.3) is 0 Å². The molecule has 4 bridgehead atoms. The summed E-state index contributed by atoms with van der Waals surface area (Å²) in [7, 11) is 2.15. The highest BCUT2D eigenvalue weighted by atomic mass is 15.3. The normalized spacial score (nSPS) is 38.9. The van der Waals surface area contributed by atoms with Crippen molar-refractivity contribution in [1.82, 2.24) is 15.1 Å². The second-order valence-corrected chi connectivity index (χ2v) is 7.75. The van der Waals surface area contributed by atoms with Gasteiger partial charge in [-0.05, 0) is 81.2 Å². The van der Waals surface area contributed by atoms with Crippen molar-refractivity contribution < 1.29 is 0 Å². The molecule has 1 N–H and O–H groups in total. The van der Waals surface area contributed by atoms with Gasteiger partial charge in [-0.15, -0.1) is 0 Å². The zero-order chi connectivity index (χ0) is 14.4. The first kappa shape index (κ1) is 13.8. The lowest BCUT2D eigenvalue weighted by Crippen LogP contribution is -2.49. The molecule has 4 saturated carbocycles. The van der Waals surface area contributed by atoms with Gasteiger partial charge in [0.05, 0.1) is 11.7 Å². The lowest BCUT2D eigenvalue weighted by molar-refractivity contribution is -0.0526. The molecule has 0 amide bonds. The Kier molecular flexibility index (Phi) is 3.56. The zero-order valence-corrected chi connectivity index (χ0v) is 13.5. The quantitative estimate of drug-likeness (QED) is 0.896. The molecule has 4 fully saturated rings. The van der Waals surface area contributed by atoms with Gasteiger partial charge in [0.2, 0.25) is 0 Å². The number of nitrogens with one attached hydrogen (secondary N) is 1. The Morgan fingerprint density at radius 2 is 1.86 bits per heavy atom. The predicted molar refractivity (Wildman–Crippen MR) is 84.9 cm³/mol. The first-order valence-corrected chi connectivity index (χ1v) is 8.99. The summed E-state index contributed by atoms with van der Waals surface area (Å²) in [5, 5.41) is 8.23. The van der Waals surface area contributed by atoms with E-state index in [9.17, 15) is 0 Å². The summed E-state index contributed by atoms with van der Waals surface area (Å²) in [6.45, 7) is 3.29. The third kappa shape index (κ3) is 2.25. The summed E-state index contributed by atoms with van der Waals surface area (Å²) >= 11 is 0. The minimum absolute atomic E-state index is 0.508. The molecule has 0 aliphatic heterocycles. The van der Waals surface area contributed by atoms with E-state index in [0.29, 0.717) is 6.04 Å². The smallest absolute Gasteiger partial charge is 0.0556 e. The molecule has 0 radical (unpaired) electrons. The van der Waals surface area contributed by atoms with Crippen molar-refractivity contribution in [3.63, 3.8) is 0 Å². The minimum atomic E-state index is 0.508. The van der Waals surface area contributed by atoms with Gasteiger partial charge in [-0.3, -0.25) is 4.68 Å². The van der Waals surface area contributed by atoms with E-state index in [0.717, 1.165) is 42.6 Å². The Balaban J connectivity index is 1.62. The summed E-state index contributed by atoms with van der Waals surface area (Å²) in [6, 6.07) is 2.76. The second-order valence-electron chi connectivity index (χ2n) is 7.75. The molecule has 1 unspecified atom stereocenters. The number of hydrogen-bond donors (Lipinski definition) is 1. The maximum Gasteiger partial charge on any atom is 0.0556 e. The molecular weight excluding hydrogens is 258 g/mol. The van der Waals surface area contributed by atoms with E-state index < -0.39 is 0 Å². The van der Waals surface area contributed by atoms with Crippen molar-refractivity contribution in [2.75, 3.05) is 7.05 Å². The molecule has 1 aromatic rings. The lowest BCUT2D eigenvalue weighted by atomic mass is 9.50. The molecule has 1 heterocycles. The summed E-state index contributed by atoms with van der Waals surface area (Å²) in [4.78, 5) is 0. The van der Waals surface area contributed by atoms with Crippen molar-refractivity contribution in [3.05, 3.63) is 18.0 Å².